The summed E-state index contributed by atoms with van der Waals surface area (Å²) in [5.41, 5.74) is 2.53. The number of benzene rings is 1. The van der Waals surface area contributed by atoms with Gasteiger partial charge in [0.1, 0.15) is 17.3 Å². The molecule has 0 N–H and O–H groups in total. The number of carbonyl (C=O) groups excluding carboxylic acids is 1. The lowest BCUT2D eigenvalue weighted by atomic mass is 9.97. The van der Waals surface area contributed by atoms with Gasteiger partial charge in [0.2, 0.25) is 0 Å². The fraction of sp³-hybridized carbons (Fsp3) is 0.350. The number of halogens is 1. The van der Waals surface area contributed by atoms with Crippen LogP contribution in [-0.2, 0) is 0 Å². The van der Waals surface area contributed by atoms with Crippen LogP contribution < -0.4 is 0 Å². The summed E-state index contributed by atoms with van der Waals surface area (Å²) in [6.07, 6.45) is 2.85. The highest BCUT2D eigenvalue weighted by Crippen LogP contribution is 2.33. The van der Waals surface area contributed by atoms with Crippen molar-refractivity contribution in [3.8, 4) is 0 Å². The van der Waals surface area contributed by atoms with Gasteiger partial charge in [-0.05, 0) is 51.3 Å². The van der Waals surface area contributed by atoms with Crippen molar-refractivity contribution in [3.63, 3.8) is 0 Å². The van der Waals surface area contributed by atoms with Crippen molar-refractivity contribution in [3.05, 3.63) is 58.9 Å². The number of carbonyl (C=O) groups is 1. The van der Waals surface area contributed by atoms with Crippen molar-refractivity contribution in [1.82, 2.24) is 15.0 Å². The molecule has 1 fully saturated rings. The summed E-state index contributed by atoms with van der Waals surface area (Å²) in [6, 6.07) is 7.93. The molecule has 1 aromatic carbocycles. The number of aromatic nitrogens is 2. The Morgan fingerprint density at radius 2 is 2.08 bits per heavy atom. The van der Waals surface area contributed by atoms with E-state index in [-0.39, 0.29) is 17.8 Å². The summed E-state index contributed by atoms with van der Waals surface area (Å²) in [4.78, 5) is 19.6. The van der Waals surface area contributed by atoms with Crippen LogP contribution in [0, 0.1) is 19.7 Å². The number of rotatable bonds is 2. The number of piperidine rings is 1. The van der Waals surface area contributed by atoms with Gasteiger partial charge in [-0.2, -0.15) is 0 Å². The Morgan fingerprint density at radius 1 is 1.23 bits per heavy atom. The summed E-state index contributed by atoms with van der Waals surface area (Å²) < 4.78 is 18.8. The zero-order valence-corrected chi connectivity index (χ0v) is 14.8. The number of fused-ring (bicyclic) bond motifs is 1. The predicted molar refractivity (Wildman–Crippen MR) is 95.3 cm³/mol. The molecule has 0 spiro atoms. The van der Waals surface area contributed by atoms with Crippen molar-refractivity contribution < 1.29 is 13.7 Å². The first-order valence-electron chi connectivity index (χ1n) is 8.84. The molecule has 1 aliphatic rings. The Labute approximate surface area is 150 Å². The SMILES string of the molecule is Cc1cc(C(=O)N2CCCC[C@@H]2c2cc(C)on2)c2ccc(F)cc2n1. The maximum atomic E-state index is 13.6. The molecular formula is C20H20FN3O2. The smallest absolute Gasteiger partial charge is 0.255 e. The molecule has 134 valence electrons. The maximum Gasteiger partial charge on any atom is 0.255 e. The molecule has 0 aliphatic carbocycles. The molecule has 0 bridgehead atoms. The minimum Gasteiger partial charge on any atom is -0.361 e. The first-order chi connectivity index (χ1) is 12.5. The van der Waals surface area contributed by atoms with Crippen molar-refractivity contribution in [2.75, 3.05) is 6.54 Å². The van der Waals surface area contributed by atoms with Gasteiger partial charge in [0.15, 0.2) is 0 Å². The number of hydrogen-bond donors (Lipinski definition) is 0. The van der Waals surface area contributed by atoms with Crippen LogP contribution in [0.3, 0.4) is 0 Å². The number of amides is 1. The second-order valence-electron chi connectivity index (χ2n) is 6.85. The molecule has 6 heteroatoms. The Kier molecular flexibility index (Phi) is 4.18. The standard InChI is InChI=1S/C20H20FN3O2/c1-12-9-16(15-7-6-14(21)11-17(15)22-12)20(25)24-8-4-3-5-19(24)18-10-13(2)26-23-18/h6-7,9-11,19H,3-5,8H2,1-2H3/t19-/m1/s1. The zero-order valence-electron chi connectivity index (χ0n) is 14.8. The van der Waals surface area contributed by atoms with E-state index in [1.807, 2.05) is 24.8 Å². The van der Waals surface area contributed by atoms with E-state index in [2.05, 4.69) is 10.1 Å². The van der Waals surface area contributed by atoms with Crippen LogP contribution in [0.4, 0.5) is 4.39 Å². The lowest BCUT2D eigenvalue weighted by Gasteiger charge is -2.34. The molecule has 0 saturated carbocycles. The van der Waals surface area contributed by atoms with Gasteiger partial charge in [-0.1, -0.05) is 5.16 Å². The van der Waals surface area contributed by atoms with Gasteiger partial charge in [0, 0.05) is 29.8 Å². The van der Waals surface area contributed by atoms with Gasteiger partial charge in [0.05, 0.1) is 17.1 Å². The van der Waals surface area contributed by atoms with Crippen molar-refractivity contribution in [2.24, 2.45) is 0 Å². The highest BCUT2D eigenvalue weighted by Gasteiger charge is 2.31. The Bertz CT molecular complexity index is 977. The van der Waals surface area contributed by atoms with Crippen molar-refractivity contribution in [2.45, 2.75) is 39.2 Å². The summed E-state index contributed by atoms with van der Waals surface area (Å²) in [5.74, 6) is 0.305. The number of hydrogen-bond acceptors (Lipinski definition) is 4. The molecule has 3 aromatic rings. The Hall–Kier alpha value is -2.76. The average Bonchev–Trinajstić information content (AvgIpc) is 3.06. The predicted octanol–water partition coefficient (Wildman–Crippen LogP) is 4.35. The first-order valence-corrected chi connectivity index (χ1v) is 8.84. The van der Waals surface area contributed by atoms with E-state index in [0.717, 1.165) is 30.7 Å². The molecular weight excluding hydrogens is 333 g/mol. The van der Waals surface area contributed by atoms with Gasteiger partial charge in [-0.25, -0.2) is 4.39 Å². The van der Waals surface area contributed by atoms with Gasteiger partial charge < -0.3 is 9.42 Å². The molecule has 26 heavy (non-hydrogen) atoms. The summed E-state index contributed by atoms with van der Waals surface area (Å²) in [7, 11) is 0. The van der Waals surface area contributed by atoms with E-state index in [1.165, 1.54) is 12.1 Å². The third kappa shape index (κ3) is 2.96. The highest BCUT2D eigenvalue weighted by molar-refractivity contribution is 6.06. The van der Waals surface area contributed by atoms with Crippen LogP contribution in [0.1, 0.15) is 52.8 Å². The lowest BCUT2D eigenvalue weighted by Crippen LogP contribution is -2.38. The first kappa shape index (κ1) is 16.7. The highest BCUT2D eigenvalue weighted by atomic mass is 19.1. The molecule has 5 nitrogen and oxygen atoms in total. The molecule has 0 radical (unpaired) electrons. The van der Waals surface area contributed by atoms with Crippen LogP contribution >= 0.6 is 0 Å². The molecule has 0 unspecified atom stereocenters. The topological polar surface area (TPSA) is 59.2 Å². The van der Waals surface area contributed by atoms with Gasteiger partial charge >= 0.3 is 0 Å². The van der Waals surface area contributed by atoms with E-state index in [0.29, 0.717) is 28.7 Å². The summed E-state index contributed by atoms with van der Waals surface area (Å²) in [5, 5.41) is 4.80. The van der Waals surface area contributed by atoms with Gasteiger partial charge in [-0.15, -0.1) is 0 Å². The van der Waals surface area contributed by atoms with E-state index in [9.17, 15) is 9.18 Å². The molecule has 1 atom stereocenters. The molecule has 3 heterocycles. The average molecular weight is 353 g/mol. The summed E-state index contributed by atoms with van der Waals surface area (Å²) in [6.45, 7) is 4.33. The van der Waals surface area contributed by atoms with Crippen LogP contribution in [0.15, 0.2) is 34.9 Å². The number of likely N-dealkylation sites (tertiary alicyclic amines) is 1. The number of aryl methyl sites for hydroxylation is 2. The quantitative estimate of drug-likeness (QED) is 0.687. The Balaban J connectivity index is 1.77. The fourth-order valence-corrected chi connectivity index (χ4v) is 3.69. The molecule has 1 saturated heterocycles. The number of pyridine rings is 1. The van der Waals surface area contributed by atoms with Gasteiger partial charge in [0.25, 0.3) is 5.91 Å². The summed E-state index contributed by atoms with van der Waals surface area (Å²) >= 11 is 0. The van der Waals surface area contributed by atoms with Crippen molar-refractivity contribution in [1.29, 1.82) is 0 Å². The third-order valence-corrected chi connectivity index (χ3v) is 4.88. The Morgan fingerprint density at radius 3 is 2.85 bits per heavy atom. The third-order valence-electron chi connectivity index (χ3n) is 4.88. The van der Waals surface area contributed by atoms with Crippen LogP contribution in [0.2, 0.25) is 0 Å². The normalized spacial score (nSPS) is 17.7. The van der Waals surface area contributed by atoms with Crippen LogP contribution in [-0.4, -0.2) is 27.5 Å². The van der Waals surface area contributed by atoms with E-state index >= 15 is 0 Å². The van der Waals surface area contributed by atoms with Crippen molar-refractivity contribution >= 4 is 16.8 Å². The largest absolute Gasteiger partial charge is 0.361 e. The minimum atomic E-state index is -0.358. The van der Waals surface area contributed by atoms with Crippen LogP contribution in [0.25, 0.3) is 10.9 Å². The molecule has 4 rings (SSSR count). The maximum absolute atomic E-state index is 13.6. The second-order valence-corrected chi connectivity index (χ2v) is 6.85. The molecule has 1 aliphatic heterocycles. The van der Waals surface area contributed by atoms with E-state index < -0.39 is 0 Å². The second kappa shape index (κ2) is 6.52. The molecule has 1 amide bonds. The van der Waals surface area contributed by atoms with E-state index in [1.54, 1.807) is 12.1 Å². The van der Waals surface area contributed by atoms with Crippen LogP contribution in [0.5, 0.6) is 0 Å². The number of nitrogens with zero attached hydrogens (tertiary/aromatic N) is 3. The lowest BCUT2D eigenvalue weighted by molar-refractivity contribution is 0.0603. The fourth-order valence-electron chi connectivity index (χ4n) is 3.69. The minimum absolute atomic E-state index is 0.0718. The monoisotopic (exact) mass is 353 g/mol. The van der Waals surface area contributed by atoms with Gasteiger partial charge in [-0.3, -0.25) is 9.78 Å². The molecule has 2 aromatic heterocycles. The van der Waals surface area contributed by atoms with E-state index in [4.69, 9.17) is 4.52 Å². The zero-order chi connectivity index (χ0) is 18.3.